The van der Waals surface area contributed by atoms with Crippen molar-refractivity contribution < 1.29 is 14.0 Å². The summed E-state index contributed by atoms with van der Waals surface area (Å²) in [7, 11) is 0. The Hall–Kier alpha value is -3.41. The average Bonchev–Trinajstić information content (AvgIpc) is 3.33. The molecule has 2 amide bonds. The molecule has 0 atom stereocenters. The van der Waals surface area contributed by atoms with Crippen LogP contribution in [0.25, 0.3) is 11.5 Å². The van der Waals surface area contributed by atoms with Gasteiger partial charge in [0.2, 0.25) is 11.8 Å². The van der Waals surface area contributed by atoms with E-state index in [1.54, 1.807) is 11.8 Å². The maximum atomic E-state index is 12.5. The highest BCUT2D eigenvalue weighted by Crippen LogP contribution is 2.23. The molecule has 0 bridgehead atoms. The van der Waals surface area contributed by atoms with Crippen molar-refractivity contribution in [3.63, 3.8) is 0 Å². The summed E-state index contributed by atoms with van der Waals surface area (Å²) >= 11 is 0. The first-order chi connectivity index (χ1) is 13.6. The Balaban J connectivity index is 1.41. The Labute approximate surface area is 163 Å². The van der Waals surface area contributed by atoms with E-state index >= 15 is 0 Å². The molecular weight excluding hydrogens is 354 g/mol. The lowest BCUT2D eigenvalue weighted by molar-refractivity contribution is -0.117. The zero-order chi connectivity index (χ0) is 19.5. The SMILES string of the molecule is Cc1oc(-c2ccccc2)nc1C(=O)NCc1ccc(N2CCCC2=O)cc1. The number of amides is 2. The van der Waals surface area contributed by atoms with Gasteiger partial charge in [-0.05, 0) is 43.2 Å². The van der Waals surface area contributed by atoms with Crippen molar-refractivity contribution in [2.24, 2.45) is 0 Å². The predicted molar refractivity (Wildman–Crippen MR) is 106 cm³/mol. The van der Waals surface area contributed by atoms with Crippen molar-refractivity contribution in [2.45, 2.75) is 26.3 Å². The van der Waals surface area contributed by atoms with Crippen molar-refractivity contribution in [2.75, 3.05) is 11.4 Å². The van der Waals surface area contributed by atoms with Gasteiger partial charge in [0.05, 0.1) is 0 Å². The lowest BCUT2D eigenvalue weighted by atomic mass is 10.2. The van der Waals surface area contributed by atoms with Gasteiger partial charge in [-0.1, -0.05) is 30.3 Å². The number of nitrogens with zero attached hydrogens (tertiary/aromatic N) is 2. The first-order valence-corrected chi connectivity index (χ1v) is 9.32. The van der Waals surface area contributed by atoms with Gasteiger partial charge in [-0.15, -0.1) is 0 Å². The molecule has 0 radical (unpaired) electrons. The zero-order valence-corrected chi connectivity index (χ0v) is 15.6. The smallest absolute Gasteiger partial charge is 0.273 e. The molecule has 1 N–H and O–H groups in total. The van der Waals surface area contributed by atoms with E-state index in [0.29, 0.717) is 24.6 Å². The molecule has 2 aromatic carbocycles. The first-order valence-electron chi connectivity index (χ1n) is 9.32. The van der Waals surface area contributed by atoms with E-state index < -0.39 is 0 Å². The van der Waals surface area contributed by atoms with Crippen LogP contribution in [0.4, 0.5) is 5.69 Å². The van der Waals surface area contributed by atoms with Crippen molar-refractivity contribution in [1.82, 2.24) is 10.3 Å². The third-order valence-corrected chi connectivity index (χ3v) is 4.81. The number of aryl methyl sites for hydroxylation is 1. The number of benzene rings is 2. The van der Waals surface area contributed by atoms with Crippen LogP contribution in [0.15, 0.2) is 59.0 Å². The summed E-state index contributed by atoms with van der Waals surface area (Å²) in [6.07, 6.45) is 1.51. The fourth-order valence-electron chi connectivity index (χ4n) is 3.29. The summed E-state index contributed by atoms with van der Waals surface area (Å²) < 4.78 is 5.65. The zero-order valence-electron chi connectivity index (χ0n) is 15.6. The van der Waals surface area contributed by atoms with Crippen molar-refractivity contribution in [1.29, 1.82) is 0 Å². The molecule has 0 spiro atoms. The van der Waals surface area contributed by atoms with Gasteiger partial charge in [-0.3, -0.25) is 9.59 Å². The molecule has 1 aliphatic heterocycles. The lowest BCUT2D eigenvalue weighted by Crippen LogP contribution is -2.25. The minimum Gasteiger partial charge on any atom is -0.441 e. The standard InChI is InChI=1S/C22H21N3O3/c1-15-20(24-22(28-15)17-6-3-2-4-7-17)21(27)23-14-16-9-11-18(12-10-16)25-13-5-8-19(25)26/h2-4,6-7,9-12H,5,8,13-14H2,1H3,(H,23,27). The number of carbonyl (C=O) groups excluding carboxylic acids is 2. The molecule has 142 valence electrons. The van der Waals surface area contributed by atoms with E-state index in [-0.39, 0.29) is 17.5 Å². The van der Waals surface area contributed by atoms with E-state index in [0.717, 1.165) is 29.8 Å². The summed E-state index contributed by atoms with van der Waals surface area (Å²) in [6, 6.07) is 17.2. The van der Waals surface area contributed by atoms with E-state index in [2.05, 4.69) is 10.3 Å². The number of aromatic nitrogens is 1. The van der Waals surface area contributed by atoms with E-state index in [1.165, 1.54) is 0 Å². The fraction of sp³-hybridized carbons (Fsp3) is 0.227. The van der Waals surface area contributed by atoms with E-state index in [9.17, 15) is 9.59 Å². The lowest BCUT2D eigenvalue weighted by Gasteiger charge is -2.16. The number of anilines is 1. The van der Waals surface area contributed by atoms with Gasteiger partial charge < -0.3 is 14.6 Å². The molecule has 28 heavy (non-hydrogen) atoms. The highest BCUT2D eigenvalue weighted by molar-refractivity contribution is 5.95. The number of nitrogens with one attached hydrogen (secondary N) is 1. The molecule has 0 unspecified atom stereocenters. The van der Waals surface area contributed by atoms with Gasteiger partial charge in [0, 0.05) is 30.8 Å². The van der Waals surface area contributed by atoms with Crippen molar-refractivity contribution in [3.8, 4) is 11.5 Å². The van der Waals surface area contributed by atoms with Gasteiger partial charge in [0.25, 0.3) is 5.91 Å². The Morgan fingerprint density at radius 3 is 2.57 bits per heavy atom. The van der Waals surface area contributed by atoms with E-state index in [1.807, 2.05) is 54.6 Å². The summed E-state index contributed by atoms with van der Waals surface area (Å²) in [5, 5.41) is 2.88. The van der Waals surface area contributed by atoms with Crippen LogP contribution in [0, 0.1) is 6.92 Å². The summed E-state index contributed by atoms with van der Waals surface area (Å²) in [4.78, 5) is 30.5. The molecular formula is C22H21N3O3. The molecule has 6 nitrogen and oxygen atoms in total. The molecule has 1 aliphatic rings. The Bertz CT molecular complexity index is 994. The van der Waals surface area contributed by atoms with Gasteiger partial charge in [-0.25, -0.2) is 4.98 Å². The van der Waals surface area contributed by atoms with Gasteiger partial charge in [0.1, 0.15) is 5.76 Å². The molecule has 6 heteroatoms. The number of hydrogen-bond acceptors (Lipinski definition) is 4. The molecule has 1 fully saturated rings. The van der Waals surface area contributed by atoms with Crippen LogP contribution in [0.2, 0.25) is 0 Å². The Kier molecular flexibility index (Phi) is 4.93. The van der Waals surface area contributed by atoms with E-state index in [4.69, 9.17) is 4.42 Å². The number of hydrogen-bond donors (Lipinski definition) is 1. The topological polar surface area (TPSA) is 75.4 Å². The summed E-state index contributed by atoms with van der Waals surface area (Å²) in [6.45, 7) is 2.88. The third-order valence-electron chi connectivity index (χ3n) is 4.81. The number of carbonyl (C=O) groups is 2. The van der Waals surface area contributed by atoms with Crippen LogP contribution in [-0.2, 0) is 11.3 Å². The van der Waals surface area contributed by atoms with Crippen molar-refractivity contribution in [3.05, 3.63) is 71.6 Å². The molecule has 0 aliphatic carbocycles. The summed E-state index contributed by atoms with van der Waals surface area (Å²) in [5.41, 5.74) is 2.97. The fourth-order valence-corrected chi connectivity index (χ4v) is 3.29. The largest absolute Gasteiger partial charge is 0.441 e. The number of oxazole rings is 1. The highest BCUT2D eigenvalue weighted by atomic mass is 16.4. The Morgan fingerprint density at radius 1 is 1.14 bits per heavy atom. The van der Waals surface area contributed by atoms with Crippen LogP contribution >= 0.6 is 0 Å². The second kappa shape index (κ2) is 7.68. The van der Waals surface area contributed by atoms with Crippen LogP contribution in [0.5, 0.6) is 0 Å². The van der Waals surface area contributed by atoms with Crippen LogP contribution < -0.4 is 10.2 Å². The molecule has 0 saturated carbocycles. The average molecular weight is 375 g/mol. The third kappa shape index (κ3) is 3.67. The maximum Gasteiger partial charge on any atom is 0.273 e. The van der Waals surface area contributed by atoms with Gasteiger partial charge in [-0.2, -0.15) is 0 Å². The second-order valence-corrected chi connectivity index (χ2v) is 6.79. The quantitative estimate of drug-likeness (QED) is 0.738. The highest BCUT2D eigenvalue weighted by Gasteiger charge is 2.21. The molecule has 2 heterocycles. The molecule has 1 aromatic heterocycles. The predicted octanol–water partition coefficient (Wildman–Crippen LogP) is 3.71. The molecule has 1 saturated heterocycles. The molecule has 4 rings (SSSR count). The Morgan fingerprint density at radius 2 is 1.89 bits per heavy atom. The van der Waals surface area contributed by atoms with Crippen LogP contribution in [0.1, 0.15) is 34.7 Å². The normalized spacial score (nSPS) is 13.8. The van der Waals surface area contributed by atoms with Gasteiger partial charge >= 0.3 is 0 Å². The van der Waals surface area contributed by atoms with Crippen LogP contribution in [0.3, 0.4) is 0 Å². The summed E-state index contributed by atoms with van der Waals surface area (Å²) in [5.74, 6) is 0.807. The minimum atomic E-state index is -0.276. The van der Waals surface area contributed by atoms with Crippen LogP contribution in [-0.4, -0.2) is 23.3 Å². The van der Waals surface area contributed by atoms with Gasteiger partial charge in [0.15, 0.2) is 5.69 Å². The monoisotopic (exact) mass is 375 g/mol. The minimum absolute atomic E-state index is 0.164. The number of rotatable bonds is 5. The second-order valence-electron chi connectivity index (χ2n) is 6.79. The first kappa shape index (κ1) is 18.0. The van der Waals surface area contributed by atoms with Crippen molar-refractivity contribution >= 4 is 17.5 Å². The molecule has 3 aromatic rings. The maximum absolute atomic E-state index is 12.5.